The Balaban J connectivity index is 3.15. The molecule has 1 aromatic carbocycles. The Bertz CT molecular complexity index is 542. The van der Waals surface area contributed by atoms with Crippen LogP contribution in [0.25, 0.3) is 0 Å². The summed E-state index contributed by atoms with van der Waals surface area (Å²) in [7, 11) is 0. The first-order valence-corrected chi connectivity index (χ1v) is 6.09. The fourth-order valence-corrected chi connectivity index (χ4v) is 1.60. The molecule has 0 bridgehead atoms. The molecule has 8 heteroatoms. The number of hydrogen-bond donors (Lipinski definition) is 3. The largest absolute Gasteiger partial charge is 0.480 e. The quantitative estimate of drug-likeness (QED) is 0.780. The predicted octanol–water partition coefficient (Wildman–Crippen LogP) is 2.34. The van der Waals surface area contributed by atoms with E-state index in [4.69, 9.17) is 5.11 Å². The summed E-state index contributed by atoms with van der Waals surface area (Å²) in [4.78, 5) is 22.3. The number of benzene rings is 1. The molecule has 0 spiro atoms. The third-order valence-electron chi connectivity index (χ3n) is 2.44. The summed E-state index contributed by atoms with van der Waals surface area (Å²) >= 11 is 0. The second-order valence-electron chi connectivity index (χ2n) is 4.63. The van der Waals surface area contributed by atoms with Gasteiger partial charge in [-0.3, -0.25) is 9.59 Å². The average Bonchev–Trinajstić information content (AvgIpc) is 2.34. The van der Waals surface area contributed by atoms with Crippen LogP contribution in [0, 0.1) is 0 Å². The lowest BCUT2D eigenvalue weighted by molar-refractivity contribution is -0.138. The number of carboxylic acids is 1. The Morgan fingerprint density at radius 1 is 1.29 bits per heavy atom. The van der Waals surface area contributed by atoms with Gasteiger partial charge in [0.15, 0.2) is 0 Å². The minimum atomic E-state index is -4.59. The zero-order chi connectivity index (χ0) is 16.2. The number of carbonyl (C=O) groups excluding carboxylic acids is 1. The maximum Gasteiger partial charge on any atom is 0.416 e. The van der Waals surface area contributed by atoms with Crippen molar-refractivity contribution >= 4 is 17.6 Å². The first kappa shape index (κ1) is 16.8. The molecule has 0 unspecified atom stereocenters. The van der Waals surface area contributed by atoms with Gasteiger partial charge in [0.25, 0.3) is 5.91 Å². The monoisotopic (exact) mass is 304 g/mol. The number of carbonyl (C=O) groups is 2. The van der Waals surface area contributed by atoms with Crippen molar-refractivity contribution in [3.8, 4) is 0 Å². The Hall–Kier alpha value is -2.25. The normalized spacial score (nSPS) is 11.3. The summed E-state index contributed by atoms with van der Waals surface area (Å²) in [6.45, 7) is 2.85. The first-order valence-electron chi connectivity index (χ1n) is 6.09. The lowest BCUT2D eigenvalue weighted by Gasteiger charge is -2.16. The highest BCUT2D eigenvalue weighted by Crippen LogP contribution is 2.32. The van der Waals surface area contributed by atoms with Gasteiger partial charge in [0.1, 0.15) is 6.54 Å². The van der Waals surface area contributed by atoms with Crippen molar-refractivity contribution in [3.63, 3.8) is 0 Å². The maximum atomic E-state index is 12.7. The number of amides is 1. The van der Waals surface area contributed by atoms with Gasteiger partial charge in [0, 0.05) is 11.7 Å². The standard InChI is InChI=1S/C13H15F3N2O3/c1-7(2)18-10-4-3-8(13(14,15)16)5-9(10)12(21)17-6-11(19)20/h3-5,7,18H,6H2,1-2H3,(H,17,21)(H,19,20). The summed E-state index contributed by atoms with van der Waals surface area (Å²) in [6, 6.07) is 2.60. The number of alkyl halides is 3. The van der Waals surface area contributed by atoms with E-state index >= 15 is 0 Å². The van der Waals surface area contributed by atoms with Crippen LogP contribution in [0.4, 0.5) is 18.9 Å². The van der Waals surface area contributed by atoms with E-state index in [1.165, 1.54) is 0 Å². The zero-order valence-electron chi connectivity index (χ0n) is 11.4. The number of nitrogens with one attached hydrogen (secondary N) is 2. The van der Waals surface area contributed by atoms with Gasteiger partial charge in [0.05, 0.1) is 11.1 Å². The summed E-state index contributed by atoms with van der Waals surface area (Å²) < 4.78 is 38.1. The molecule has 0 aliphatic rings. The highest BCUT2D eigenvalue weighted by Gasteiger charge is 2.31. The van der Waals surface area contributed by atoms with Crippen LogP contribution in [0.5, 0.6) is 0 Å². The molecule has 0 saturated carbocycles. The second-order valence-corrected chi connectivity index (χ2v) is 4.63. The summed E-state index contributed by atoms with van der Waals surface area (Å²) in [5, 5.41) is 13.4. The average molecular weight is 304 g/mol. The van der Waals surface area contributed by atoms with Gasteiger partial charge in [-0.2, -0.15) is 13.2 Å². The fourth-order valence-electron chi connectivity index (χ4n) is 1.60. The molecule has 0 atom stereocenters. The van der Waals surface area contributed by atoms with Crippen LogP contribution in [-0.4, -0.2) is 29.6 Å². The molecule has 3 N–H and O–H groups in total. The van der Waals surface area contributed by atoms with Gasteiger partial charge in [-0.05, 0) is 32.0 Å². The molecule has 0 saturated heterocycles. The number of carboxylic acid groups (broad SMARTS) is 1. The molecule has 5 nitrogen and oxygen atoms in total. The summed E-state index contributed by atoms with van der Waals surface area (Å²) in [5.74, 6) is -2.17. The van der Waals surface area contributed by atoms with Gasteiger partial charge < -0.3 is 15.7 Å². The van der Waals surface area contributed by atoms with Crippen molar-refractivity contribution in [2.24, 2.45) is 0 Å². The van der Waals surface area contributed by atoms with E-state index in [2.05, 4.69) is 5.32 Å². The minimum absolute atomic E-state index is 0.104. The predicted molar refractivity (Wildman–Crippen MR) is 70.2 cm³/mol. The van der Waals surface area contributed by atoms with Crippen LogP contribution in [0.15, 0.2) is 18.2 Å². The molecule has 0 heterocycles. The van der Waals surface area contributed by atoms with Gasteiger partial charge in [-0.1, -0.05) is 0 Å². The van der Waals surface area contributed by atoms with E-state index in [1.54, 1.807) is 13.8 Å². The van der Waals surface area contributed by atoms with Crippen LogP contribution >= 0.6 is 0 Å². The third kappa shape index (κ3) is 4.97. The zero-order valence-corrected chi connectivity index (χ0v) is 11.4. The Kier molecular flexibility index (Phi) is 5.17. The van der Waals surface area contributed by atoms with E-state index in [-0.39, 0.29) is 17.3 Å². The smallest absolute Gasteiger partial charge is 0.416 e. The molecule has 0 aliphatic carbocycles. The number of rotatable bonds is 5. The van der Waals surface area contributed by atoms with Crippen molar-refractivity contribution < 1.29 is 27.9 Å². The molecule has 1 rings (SSSR count). The van der Waals surface area contributed by atoms with Crippen molar-refractivity contribution in [3.05, 3.63) is 29.3 Å². The highest BCUT2D eigenvalue weighted by atomic mass is 19.4. The Morgan fingerprint density at radius 3 is 2.38 bits per heavy atom. The Morgan fingerprint density at radius 2 is 1.90 bits per heavy atom. The number of halogens is 3. The van der Waals surface area contributed by atoms with Gasteiger partial charge >= 0.3 is 12.1 Å². The number of aliphatic carboxylic acids is 1. The first-order chi connectivity index (χ1) is 9.61. The van der Waals surface area contributed by atoms with Crippen molar-refractivity contribution in [2.75, 3.05) is 11.9 Å². The van der Waals surface area contributed by atoms with Gasteiger partial charge in [-0.15, -0.1) is 0 Å². The van der Waals surface area contributed by atoms with Gasteiger partial charge in [0.2, 0.25) is 0 Å². The number of hydrogen-bond acceptors (Lipinski definition) is 3. The van der Waals surface area contributed by atoms with Crippen LogP contribution in [-0.2, 0) is 11.0 Å². The van der Waals surface area contributed by atoms with E-state index in [9.17, 15) is 22.8 Å². The van der Waals surface area contributed by atoms with E-state index < -0.39 is 30.2 Å². The fraction of sp³-hybridized carbons (Fsp3) is 0.385. The molecular weight excluding hydrogens is 289 g/mol. The molecule has 0 aliphatic heterocycles. The van der Waals surface area contributed by atoms with Crippen LogP contribution < -0.4 is 10.6 Å². The minimum Gasteiger partial charge on any atom is -0.480 e. The van der Waals surface area contributed by atoms with Crippen molar-refractivity contribution in [2.45, 2.75) is 26.1 Å². The summed E-state index contributed by atoms with van der Waals surface area (Å²) in [6.07, 6.45) is -4.59. The molecule has 116 valence electrons. The molecular formula is C13H15F3N2O3. The van der Waals surface area contributed by atoms with E-state index in [1.807, 2.05) is 5.32 Å². The third-order valence-corrected chi connectivity index (χ3v) is 2.44. The molecule has 1 amide bonds. The highest BCUT2D eigenvalue weighted by molar-refractivity contribution is 6.01. The second kappa shape index (κ2) is 6.47. The molecule has 21 heavy (non-hydrogen) atoms. The Labute approximate surface area is 119 Å². The van der Waals surface area contributed by atoms with Crippen molar-refractivity contribution in [1.29, 1.82) is 0 Å². The number of anilines is 1. The lowest BCUT2D eigenvalue weighted by Crippen LogP contribution is -2.30. The summed E-state index contributed by atoms with van der Waals surface area (Å²) in [5.41, 5.74) is -1.02. The van der Waals surface area contributed by atoms with Gasteiger partial charge in [-0.25, -0.2) is 0 Å². The molecule has 0 aromatic heterocycles. The van der Waals surface area contributed by atoms with Crippen LogP contribution in [0.2, 0.25) is 0 Å². The molecule has 0 radical (unpaired) electrons. The lowest BCUT2D eigenvalue weighted by atomic mass is 10.1. The molecule has 1 aromatic rings. The SMILES string of the molecule is CC(C)Nc1ccc(C(F)(F)F)cc1C(=O)NCC(=O)O. The topological polar surface area (TPSA) is 78.4 Å². The van der Waals surface area contributed by atoms with E-state index in [0.29, 0.717) is 6.07 Å². The van der Waals surface area contributed by atoms with E-state index in [0.717, 1.165) is 12.1 Å². The molecule has 0 fully saturated rings. The van der Waals surface area contributed by atoms with Crippen LogP contribution in [0.1, 0.15) is 29.8 Å². The van der Waals surface area contributed by atoms with Crippen LogP contribution in [0.3, 0.4) is 0 Å². The van der Waals surface area contributed by atoms with Crippen molar-refractivity contribution in [1.82, 2.24) is 5.32 Å². The maximum absolute atomic E-state index is 12.7.